The van der Waals surface area contributed by atoms with Crippen LogP contribution in [0.1, 0.15) is 43.0 Å². The van der Waals surface area contributed by atoms with Crippen LogP contribution in [-0.2, 0) is 15.0 Å². The molecule has 0 unspecified atom stereocenters. The van der Waals surface area contributed by atoms with E-state index < -0.39 is 0 Å². The Balaban J connectivity index is 1.77. The second kappa shape index (κ2) is 8.12. The van der Waals surface area contributed by atoms with Crippen molar-refractivity contribution < 1.29 is 9.59 Å². The van der Waals surface area contributed by atoms with Crippen molar-refractivity contribution in [1.29, 1.82) is 0 Å². The number of imide groups is 1. The van der Waals surface area contributed by atoms with Gasteiger partial charge >= 0.3 is 0 Å². The summed E-state index contributed by atoms with van der Waals surface area (Å²) >= 11 is 0. The molecule has 0 aliphatic carbocycles. The van der Waals surface area contributed by atoms with Crippen molar-refractivity contribution in [3.8, 4) is 0 Å². The molecule has 0 radical (unpaired) electrons. The predicted octanol–water partition coefficient (Wildman–Crippen LogP) is 6.00. The normalized spacial score (nSPS) is 14.3. The highest BCUT2D eigenvalue weighted by molar-refractivity contribution is 6.46. The number of hydrogen-bond acceptors (Lipinski definition) is 3. The topological polar surface area (TPSA) is 49.4 Å². The second-order valence-corrected chi connectivity index (χ2v) is 9.35. The fraction of sp³-hybridized carbons (Fsp3) is 0.214. The minimum Gasteiger partial charge on any atom is -0.350 e. The Hall–Kier alpha value is -3.66. The molecular formula is C28H28N2O2. The third kappa shape index (κ3) is 4.09. The lowest BCUT2D eigenvalue weighted by Crippen LogP contribution is -2.32. The Bertz CT molecular complexity index is 1200. The average molecular weight is 425 g/mol. The zero-order chi connectivity index (χ0) is 23.0. The Labute approximate surface area is 189 Å². The van der Waals surface area contributed by atoms with Crippen molar-refractivity contribution in [3.05, 3.63) is 101 Å². The minimum atomic E-state index is -0.352. The van der Waals surface area contributed by atoms with E-state index in [0.29, 0.717) is 17.0 Å². The zero-order valence-corrected chi connectivity index (χ0v) is 19.2. The number of amides is 2. The first kappa shape index (κ1) is 21.6. The van der Waals surface area contributed by atoms with E-state index in [-0.39, 0.29) is 17.2 Å². The summed E-state index contributed by atoms with van der Waals surface area (Å²) in [6, 6.07) is 23.1. The van der Waals surface area contributed by atoms with Gasteiger partial charge in [0.15, 0.2) is 0 Å². The highest BCUT2D eigenvalue weighted by atomic mass is 16.2. The first-order valence-electron chi connectivity index (χ1n) is 10.8. The smallest absolute Gasteiger partial charge is 0.282 e. The molecular weight excluding hydrogens is 396 g/mol. The summed E-state index contributed by atoms with van der Waals surface area (Å²) in [6.45, 7) is 10.4. The van der Waals surface area contributed by atoms with E-state index in [1.54, 1.807) is 0 Å². The van der Waals surface area contributed by atoms with Crippen LogP contribution < -0.4 is 10.2 Å². The van der Waals surface area contributed by atoms with E-state index in [1.165, 1.54) is 4.90 Å². The fourth-order valence-corrected chi connectivity index (χ4v) is 3.76. The molecule has 3 aromatic rings. The second-order valence-electron chi connectivity index (χ2n) is 9.35. The molecule has 4 heteroatoms. The molecule has 0 atom stereocenters. The maximum absolute atomic E-state index is 13.5. The van der Waals surface area contributed by atoms with Crippen LogP contribution in [0.3, 0.4) is 0 Å². The number of carbonyl (C=O) groups excluding carboxylic acids is 2. The quantitative estimate of drug-likeness (QED) is 0.523. The number of nitrogens with zero attached hydrogens (tertiary/aromatic N) is 1. The van der Waals surface area contributed by atoms with Crippen LogP contribution in [0.2, 0.25) is 0 Å². The van der Waals surface area contributed by atoms with Gasteiger partial charge in [-0.2, -0.15) is 0 Å². The molecule has 0 bridgehead atoms. The van der Waals surface area contributed by atoms with Crippen LogP contribution in [0.15, 0.2) is 78.5 Å². The lowest BCUT2D eigenvalue weighted by molar-refractivity contribution is -0.120. The summed E-state index contributed by atoms with van der Waals surface area (Å²) in [6.07, 6.45) is 0. The molecule has 4 nitrogen and oxygen atoms in total. The van der Waals surface area contributed by atoms with Gasteiger partial charge in [0.25, 0.3) is 11.8 Å². The van der Waals surface area contributed by atoms with E-state index in [2.05, 4.69) is 26.1 Å². The summed E-state index contributed by atoms with van der Waals surface area (Å²) < 4.78 is 0. The molecule has 1 N–H and O–H groups in total. The first-order chi connectivity index (χ1) is 15.1. The molecule has 0 spiro atoms. The predicted molar refractivity (Wildman–Crippen MR) is 131 cm³/mol. The average Bonchev–Trinajstić information content (AvgIpc) is 2.99. The Morgan fingerprint density at radius 2 is 1.22 bits per heavy atom. The zero-order valence-electron chi connectivity index (χ0n) is 19.2. The number of nitrogens with one attached hydrogen (secondary N) is 1. The number of rotatable bonds is 4. The van der Waals surface area contributed by atoms with Crippen LogP contribution in [0, 0.1) is 13.8 Å². The summed E-state index contributed by atoms with van der Waals surface area (Å²) in [5.41, 5.74) is 6.08. The lowest BCUT2D eigenvalue weighted by Gasteiger charge is -2.21. The summed E-state index contributed by atoms with van der Waals surface area (Å²) in [7, 11) is 0. The van der Waals surface area contributed by atoms with Gasteiger partial charge in [0.05, 0.1) is 11.3 Å². The molecule has 4 rings (SSSR count). The van der Waals surface area contributed by atoms with Crippen molar-refractivity contribution in [2.24, 2.45) is 0 Å². The largest absolute Gasteiger partial charge is 0.350 e. The van der Waals surface area contributed by atoms with Crippen molar-refractivity contribution in [2.75, 3.05) is 10.2 Å². The highest BCUT2D eigenvalue weighted by Crippen LogP contribution is 2.35. The van der Waals surface area contributed by atoms with Crippen LogP contribution in [0.25, 0.3) is 5.57 Å². The minimum absolute atomic E-state index is 0.0129. The van der Waals surface area contributed by atoms with Crippen molar-refractivity contribution >= 4 is 28.8 Å². The van der Waals surface area contributed by atoms with Gasteiger partial charge in [-0.1, -0.05) is 80.4 Å². The Kier molecular flexibility index (Phi) is 5.47. The van der Waals surface area contributed by atoms with Gasteiger partial charge in [0, 0.05) is 5.69 Å². The molecule has 0 fully saturated rings. The van der Waals surface area contributed by atoms with Gasteiger partial charge in [0.1, 0.15) is 5.70 Å². The molecule has 2 amide bonds. The number of hydrogen-bond donors (Lipinski definition) is 1. The van der Waals surface area contributed by atoms with Crippen LogP contribution >= 0.6 is 0 Å². The molecule has 1 aliphatic heterocycles. The fourth-order valence-electron chi connectivity index (χ4n) is 3.76. The third-order valence-electron chi connectivity index (χ3n) is 5.74. The van der Waals surface area contributed by atoms with Crippen molar-refractivity contribution in [2.45, 2.75) is 40.0 Å². The van der Waals surface area contributed by atoms with Crippen LogP contribution in [-0.4, -0.2) is 11.8 Å². The monoisotopic (exact) mass is 424 g/mol. The maximum Gasteiger partial charge on any atom is 0.282 e. The molecule has 1 heterocycles. The maximum atomic E-state index is 13.5. The molecule has 32 heavy (non-hydrogen) atoms. The molecule has 162 valence electrons. The molecule has 0 saturated heterocycles. The van der Waals surface area contributed by atoms with Gasteiger partial charge < -0.3 is 5.32 Å². The van der Waals surface area contributed by atoms with Crippen LogP contribution in [0.4, 0.5) is 11.4 Å². The van der Waals surface area contributed by atoms with Crippen molar-refractivity contribution in [1.82, 2.24) is 0 Å². The molecule has 3 aromatic carbocycles. The number of carbonyl (C=O) groups is 2. The van der Waals surface area contributed by atoms with E-state index in [9.17, 15) is 9.59 Å². The van der Waals surface area contributed by atoms with Gasteiger partial charge in [-0.3, -0.25) is 9.59 Å². The molecule has 1 aliphatic rings. The number of aryl methyl sites for hydroxylation is 2. The van der Waals surface area contributed by atoms with Crippen LogP contribution in [0.5, 0.6) is 0 Å². The van der Waals surface area contributed by atoms with Gasteiger partial charge in [0.2, 0.25) is 0 Å². The summed E-state index contributed by atoms with van der Waals surface area (Å²) in [4.78, 5) is 28.3. The van der Waals surface area contributed by atoms with Gasteiger partial charge in [-0.05, 0) is 54.7 Å². The summed E-state index contributed by atoms with van der Waals surface area (Å²) in [5.74, 6) is -0.674. The van der Waals surface area contributed by atoms with E-state index >= 15 is 0 Å². The molecule has 0 aromatic heterocycles. The van der Waals surface area contributed by atoms with Gasteiger partial charge in [-0.15, -0.1) is 0 Å². The summed E-state index contributed by atoms with van der Waals surface area (Å²) in [5, 5.41) is 3.21. The molecule has 0 saturated carbocycles. The number of benzene rings is 3. The Morgan fingerprint density at radius 1 is 0.688 bits per heavy atom. The van der Waals surface area contributed by atoms with Crippen molar-refractivity contribution in [3.63, 3.8) is 0 Å². The Morgan fingerprint density at radius 3 is 1.75 bits per heavy atom. The first-order valence-corrected chi connectivity index (χ1v) is 10.8. The van der Waals surface area contributed by atoms with E-state index in [4.69, 9.17) is 0 Å². The van der Waals surface area contributed by atoms with E-state index in [0.717, 1.165) is 27.9 Å². The third-order valence-corrected chi connectivity index (χ3v) is 5.74. The lowest BCUT2D eigenvalue weighted by atomic mass is 9.87. The SMILES string of the molecule is Cc1ccc(NC2=C(c3ccc(C)cc3)C(=O)N(c3ccc(C(C)(C)C)cc3)C2=O)cc1. The standard InChI is InChI=1S/C28H28N2O2/c1-18-6-10-20(11-7-18)24-25(29-22-14-8-19(2)9-15-22)27(32)30(26(24)31)23-16-12-21(13-17-23)28(3,4)5/h6-17,29H,1-5H3. The van der Waals surface area contributed by atoms with Gasteiger partial charge in [-0.25, -0.2) is 4.90 Å². The van der Waals surface area contributed by atoms with E-state index in [1.807, 2.05) is 86.6 Å². The highest BCUT2D eigenvalue weighted by Gasteiger charge is 2.40. The number of anilines is 2.